The summed E-state index contributed by atoms with van der Waals surface area (Å²) in [7, 11) is 0. The summed E-state index contributed by atoms with van der Waals surface area (Å²) in [5.41, 5.74) is -1.74. The molecule has 2 rings (SSSR count). The molecule has 0 spiro atoms. The van der Waals surface area contributed by atoms with E-state index in [1.54, 1.807) is 20.8 Å². The van der Waals surface area contributed by atoms with Crippen molar-refractivity contribution >= 4 is 18.0 Å². The number of nitrogens with zero attached hydrogens (tertiary/aromatic N) is 3. The molecule has 0 saturated carbocycles. The van der Waals surface area contributed by atoms with Crippen molar-refractivity contribution in [3.05, 3.63) is 32.6 Å². The van der Waals surface area contributed by atoms with E-state index in [1.807, 2.05) is 0 Å². The molecule has 2 N–H and O–H groups in total. The van der Waals surface area contributed by atoms with Crippen molar-refractivity contribution in [1.82, 2.24) is 19.4 Å². The van der Waals surface area contributed by atoms with Crippen LogP contribution in [-0.2, 0) is 20.9 Å². The summed E-state index contributed by atoms with van der Waals surface area (Å²) in [5, 5.41) is 9.22. The zero-order chi connectivity index (χ0) is 22.6. The van der Waals surface area contributed by atoms with E-state index < -0.39 is 54.0 Å². The molecule has 11 nitrogen and oxygen atoms in total. The Morgan fingerprint density at radius 1 is 1.30 bits per heavy atom. The first-order valence-corrected chi connectivity index (χ1v) is 9.67. The highest BCUT2D eigenvalue weighted by molar-refractivity contribution is 5.81. The van der Waals surface area contributed by atoms with Gasteiger partial charge in [-0.25, -0.2) is 9.59 Å². The third-order valence-corrected chi connectivity index (χ3v) is 4.61. The summed E-state index contributed by atoms with van der Waals surface area (Å²) >= 11 is 0. The average Bonchev–Trinajstić information content (AvgIpc) is 3.05. The van der Waals surface area contributed by atoms with Gasteiger partial charge < -0.3 is 19.6 Å². The lowest BCUT2D eigenvalue weighted by Gasteiger charge is -2.31. The zero-order valence-electron chi connectivity index (χ0n) is 17.6. The van der Waals surface area contributed by atoms with Gasteiger partial charge in [-0.15, -0.1) is 0 Å². The molecule has 1 aromatic heterocycles. The van der Waals surface area contributed by atoms with Crippen molar-refractivity contribution in [3.8, 4) is 0 Å². The lowest BCUT2D eigenvalue weighted by Crippen LogP contribution is -2.49. The molecule has 0 aliphatic carbocycles. The number of hydrogen-bond acceptors (Lipinski definition) is 6. The van der Waals surface area contributed by atoms with E-state index in [0.717, 1.165) is 9.47 Å². The Labute approximate surface area is 173 Å². The van der Waals surface area contributed by atoms with Crippen molar-refractivity contribution in [1.29, 1.82) is 0 Å². The molecule has 1 aliphatic rings. The van der Waals surface area contributed by atoms with E-state index in [4.69, 9.17) is 4.74 Å². The number of carbonyl (C=O) groups is 3. The molecule has 1 saturated heterocycles. The number of aryl methyl sites for hydroxylation is 1. The maximum Gasteiger partial charge on any atom is 0.410 e. The molecule has 1 fully saturated rings. The second kappa shape index (κ2) is 9.14. The van der Waals surface area contributed by atoms with Crippen LogP contribution < -0.4 is 11.2 Å². The highest BCUT2D eigenvalue weighted by Gasteiger charge is 2.34. The first-order valence-electron chi connectivity index (χ1n) is 9.67. The lowest BCUT2D eigenvalue weighted by atomic mass is 10.2. The maximum absolute atomic E-state index is 12.8. The molecule has 11 heteroatoms. The first kappa shape index (κ1) is 23.2. The number of carboxylic acids is 1. The van der Waals surface area contributed by atoms with Gasteiger partial charge in [-0.2, -0.15) is 0 Å². The van der Waals surface area contributed by atoms with Crippen LogP contribution in [-0.4, -0.2) is 73.7 Å². The number of nitrogens with one attached hydrogen (secondary N) is 1. The summed E-state index contributed by atoms with van der Waals surface area (Å²) in [6.07, 6.45) is 2.04. The lowest BCUT2D eigenvalue weighted by molar-refractivity contribution is -0.145. The SMILES string of the molecule is Cc1cn(CC(=O)N(CC(=O)O)C[C@@H]2CCCN2C(=O)OC(C)(C)C)c(=O)[nH]c1=O. The van der Waals surface area contributed by atoms with Gasteiger partial charge in [0.05, 0.1) is 6.04 Å². The topological polar surface area (TPSA) is 142 Å². The maximum atomic E-state index is 12.8. The van der Waals surface area contributed by atoms with E-state index in [2.05, 4.69) is 4.98 Å². The molecule has 1 aromatic rings. The van der Waals surface area contributed by atoms with Crippen LogP contribution in [0.4, 0.5) is 4.79 Å². The van der Waals surface area contributed by atoms with Crippen LogP contribution in [0.15, 0.2) is 15.8 Å². The number of ether oxygens (including phenoxy) is 1. The number of carboxylic acid groups (broad SMARTS) is 1. The Morgan fingerprint density at radius 2 is 1.97 bits per heavy atom. The Hall–Kier alpha value is -3.11. The van der Waals surface area contributed by atoms with Crippen molar-refractivity contribution in [2.75, 3.05) is 19.6 Å². The van der Waals surface area contributed by atoms with Gasteiger partial charge in [0, 0.05) is 24.8 Å². The van der Waals surface area contributed by atoms with E-state index in [0.29, 0.717) is 19.4 Å². The molecule has 1 atom stereocenters. The Morgan fingerprint density at radius 3 is 2.57 bits per heavy atom. The molecule has 0 radical (unpaired) electrons. The van der Waals surface area contributed by atoms with Crippen molar-refractivity contribution in [2.45, 2.75) is 58.7 Å². The minimum Gasteiger partial charge on any atom is -0.480 e. The van der Waals surface area contributed by atoms with Crippen LogP contribution in [0, 0.1) is 6.92 Å². The van der Waals surface area contributed by atoms with Gasteiger partial charge in [0.15, 0.2) is 0 Å². The molecule has 166 valence electrons. The van der Waals surface area contributed by atoms with Gasteiger partial charge in [0.1, 0.15) is 18.7 Å². The summed E-state index contributed by atoms with van der Waals surface area (Å²) < 4.78 is 6.42. The first-order chi connectivity index (χ1) is 13.9. The normalized spacial score (nSPS) is 16.4. The summed E-state index contributed by atoms with van der Waals surface area (Å²) in [4.78, 5) is 64.7. The third-order valence-electron chi connectivity index (χ3n) is 4.61. The smallest absolute Gasteiger partial charge is 0.410 e. The standard InChI is InChI=1S/C19H28N4O7/c1-12-8-22(17(28)20-16(12)27)10-14(24)21(11-15(25)26)9-13-6-5-7-23(13)18(29)30-19(2,3)4/h8,13H,5-7,9-11H2,1-4H3,(H,25,26)(H,20,27,28)/t13-/m0/s1. The minimum absolute atomic E-state index is 0.00145. The predicted octanol–water partition coefficient (Wildman–Crippen LogP) is 0.158. The van der Waals surface area contributed by atoms with Gasteiger partial charge in [0.2, 0.25) is 5.91 Å². The largest absolute Gasteiger partial charge is 0.480 e. The molecule has 30 heavy (non-hydrogen) atoms. The monoisotopic (exact) mass is 424 g/mol. The summed E-state index contributed by atoms with van der Waals surface area (Å²) in [5.74, 6) is -1.82. The van der Waals surface area contributed by atoms with E-state index >= 15 is 0 Å². The molecule has 2 heterocycles. The molecule has 0 aromatic carbocycles. The fourth-order valence-corrected chi connectivity index (χ4v) is 3.24. The minimum atomic E-state index is -1.21. The van der Waals surface area contributed by atoms with Crippen LogP contribution in [0.25, 0.3) is 0 Å². The Bertz CT molecular complexity index is 928. The van der Waals surface area contributed by atoms with Crippen molar-refractivity contribution in [3.63, 3.8) is 0 Å². The molecule has 0 bridgehead atoms. The molecule has 1 aliphatic heterocycles. The number of carbonyl (C=O) groups excluding carboxylic acids is 2. The molecular formula is C19H28N4O7. The van der Waals surface area contributed by atoms with E-state index in [1.165, 1.54) is 18.0 Å². The second-order valence-electron chi connectivity index (χ2n) is 8.34. The fourth-order valence-electron chi connectivity index (χ4n) is 3.24. The quantitative estimate of drug-likeness (QED) is 0.662. The van der Waals surface area contributed by atoms with Gasteiger partial charge in [0.25, 0.3) is 5.56 Å². The Balaban J connectivity index is 2.17. The van der Waals surface area contributed by atoms with Gasteiger partial charge >= 0.3 is 17.8 Å². The number of aromatic nitrogens is 2. The highest BCUT2D eigenvalue weighted by atomic mass is 16.6. The number of aromatic amines is 1. The van der Waals surface area contributed by atoms with Gasteiger partial charge in [-0.1, -0.05) is 0 Å². The number of aliphatic carboxylic acids is 1. The van der Waals surface area contributed by atoms with Gasteiger partial charge in [-0.05, 0) is 40.5 Å². The number of amides is 2. The zero-order valence-corrected chi connectivity index (χ0v) is 17.6. The van der Waals surface area contributed by atoms with Crippen LogP contribution in [0.5, 0.6) is 0 Å². The number of hydrogen-bond donors (Lipinski definition) is 2. The molecule has 2 amide bonds. The number of rotatable bonds is 6. The van der Waals surface area contributed by atoms with Crippen LogP contribution in [0.3, 0.4) is 0 Å². The number of H-pyrrole nitrogens is 1. The van der Waals surface area contributed by atoms with Crippen molar-refractivity contribution < 1.29 is 24.2 Å². The van der Waals surface area contributed by atoms with E-state index in [-0.39, 0.29) is 12.1 Å². The highest BCUT2D eigenvalue weighted by Crippen LogP contribution is 2.21. The molecular weight excluding hydrogens is 396 g/mol. The summed E-state index contributed by atoms with van der Waals surface area (Å²) in [6, 6.07) is -0.391. The number of likely N-dealkylation sites (tertiary alicyclic amines) is 1. The van der Waals surface area contributed by atoms with Crippen LogP contribution >= 0.6 is 0 Å². The van der Waals surface area contributed by atoms with Crippen LogP contribution in [0.1, 0.15) is 39.2 Å². The van der Waals surface area contributed by atoms with E-state index in [9.17, 15) is 29.1 Å². The Kier molecular flexibility index (Phi) is 7.06. The third kappa shape index (κ3) is 6.19. The van der Waals surface area contributed by atoms with Crippen molar-refractivity contribution in [2.24, 2.45) is 0 Å². The van der Waals surface area contributed by atoms with Gasteiger partial charge in [-0.3, -0.25) is 23.9 Å². The predicted molar refractivity (Wildman–Crippen MR) is 106 cm³/mol. The molecule has 0 unspecified atom stereocenters. The fraction of sp³-hybridized carbons (Fsp3) is 0.632. The second-order valence-corrected chi connectivity index (χ2v) is 8.34. The van der Waals surface area contributed by atoms with Crippen LogP contribution in [0.2, 0.25) is 0 Å². The average molecular weight is 424 g/mol. The summed E-state index contributed by atoms with van der Waals surface area (Å²) in [6.45, 7) is 6.19.